The summed E-state index contributed by atoms with van der Waals surface area (Å²) in [6.45, 7) is 9.46. The van der Waals surface area contributed by atoms with Gasteiger partial charge in [-0.2, -0.15) is 0 Å². The monoisotopic (exact) mass is 1400 g/mol. The maximum Gasteiger partial charge on any atom is 0.136 e. The molecule has 22 aromatic rings. The molecule has 2 aliphatic carbocycles. The molecule has 18 aromatic carbocycles. The highest BCUT2D eigenvalue weighted by Gasteiger charge is 2.39. The summed E-state index contributed by atoms with van der Waals surface area (Å²) in [7, 11) is 0. The van der Waals surface area contributed by atoms with Gasteiger partial charge in [0, 0.05) is 53.9 Å². The predicted octanol–water partition coefficient (Wildman–Crippen LogP) is 30.2. The van der Waals surface area contributed by atoms with Crippen molar-refractivity contribution in [3.63, 3.8) is 0 Å². The molecule has 0 bridgehead atoms. The van der Waals surface area contributed by atoms with Crippen molar-refractivity contribution in [1.29, 1.82) is 0 Å². The van der Waals surface area contributed by atoms with E-state index in [4.69, 9.17) is 17.7 Å². The summed E-state index contributed by atoms with van der Waals surface area (Å²) in [5.41, 5.74) is 32.3. The second-order valence-corrected chi connectivity index (χ2v) is 31.1. The number of hydrogen-bond acceptors (Lipinski definition) is 4. The van der Waals surface area contributed by atoms with E-state index >= 15 is 0 Å². The van der Waals surface area contributed by atoms with Crippen LogP contribution in [0.3, 0.4) is 0 Å². The van der Waals surface area contributed by atoms with Gasteiger partial charge in [0.1, 0.15) is 44.7 Å². The van der Waals surface area contributed by atoms with E-state index in [2.05, 4.69) is 331 Å². The number of para-hydroxylation sites is 4. The standard InChI is InChI=1S/2C53H34O2/c1-53(2)43-24-6-3-14-37(43)50-40(23-11-25-44(50)53)49-35-19-9-17-31(33-21-12-28-47-51(33)38-15-4-7-26-45(38)54-47)41(35)30-42-32(18-10-20-36(42)49)34-22-13-29-48-52(34)39-16-5-8-27-46(39)55-48;1-53(2)45-20-6-3-14-39(45)52-40(19-11-21-46(52)53)51-37-17-9-15-33(31-24-26-49-43(28-31)35-12-4-7-22-47(35)54-49)41(37)30-42-34(16-10-18-38(42)51)32-25-27-50-44(29-32)36-13-5-8-23-48(36)55-50/h2*3-30H,1-2H3. The Labute approximate surface area is 633 Å². The SMILES string of the molecule is CC1(C)c2ccccc2-c2c(-c3c4cccc(-c5ccc6oc7ccccc7c6c5)c4cc4c(-c5ccc6oc7ccccc7c6c5)cccc34)cccc21.CC1(C)c2ccccc2-c2c(-c3c4cccc(-c5cccc6oc7ccccc7c56)c4cc4c(-c5cccc6oc7ccccc7c56)cccc34)cccc21. The van der Waals surface area contributed by atoms with Crippen molar-refractivity contribution in [1.82, 2.24) is 0 Å². The zero-order chi connectivity index (χ0) is 72.8. The van der Waals surface area contributed by atoms with Crippen LogP contribution in [0, 0.1) is 0 Å². The van der Waals surface area contributed by atoms with Crippen molar-refractivity contribution < 1.29 is 17.7 Å². The molecule has 0 amide bonds. The molecular formula is C106H68O4. The minimum absolute atomic E-state index is 0.107. The number of rotatable bonds is 6. The molecule has 0 saturated heterocycles. The lowest BCUT2D eigenvalue weighted by Crippen LogP contribution is -2.14. The second-order valence-electron chi connectivity index (χ2n) is 31.1. The number of furan rings is 4. The van der Waals surface area contributed by atoms with Gasteiger partial charge >= 0.3 is 0 Å². The van der Waals surface area contributed by atoms with Crippen LogP contribution in [-0.2, 0) is 10.8 Å². The summed E-state index contributed by atoms with van der Waals surface area (Å²) in [6.07, 6.45) is 0. The van der Waals surface area contributed by atoms with E-state index in [1.54, 1.807) is 0 Å². The zero-order valence-electron chi connectivity index (χ0n) is 61.0. The van der Waals surface area contributed by atoms with Crippen LogP contribution in [0.1, 0.15) is 49.9 Å². The lowest BCUT2D eigenvalue weighted by molar-refractivity contribution is 0.660. The molecule has 0 atom stereocenters. The highest BCUT2D eigenvalue weighted by atomic mass is 16.3. The van der Waals surface area contributed by atoms with Crippen molar-refractivity contribution in [2.75, 3.05) is 0 Å². The molecule has 4 aromatic heterocycles. The molecule has 0 saturated carbocycles. The van der Waals surface area contributed by atoms with Crippen LogP contribution in [0.5, 0.6) is 0 Å². The molecule has 516 valence electrons. The molecule has 4 heteroatoms. The first-order valence-corrected chi connectivity index (χ1v) is 38.2. The summed E-state index contributed by atoms with van der Waals surface area (Å²) in [5.74, 6) is 0. The third-order valence-corrected chi connectivity index (χ3v) is 24.6. The molecule has 110 heavy (non-hydrogen) atoms. The Kier molecular flexibility index (Phi) is 13.2. The molecule has 4 nitrogen and oxygen atoms in total. The second kappa shape index (κ2) is 23.4. The Morgan fingerprint density at radius 1 is 0.164 bits per heavy atom. The normalized spacial score (nSPS) is 13.4. The van der Waals surface area contributed by atoms with Gasteiger partial charge < -0.3 is 17.7 Å². The van der Waals surface area contributed by atoms with E-state index in [1.807, 2.05) is 36.4 Å². The average Bonchev–Trinajstić information content (AvgIpc) is 1.47. The van der Waals surface area contributed by atoms with Gasteiger partial charge in [0.05, 0.1) is 0 Å². The van der Waals surface area contributed by atoms with Crippen LogP contribution in [0.4, 0.5) is 0 Å². The summed E-state index contributed by atoms with van der Waals surface area (Å²) >= 11 is 0. The number of hydrogen-bond donors (Lipinski definition) is 0. The molecule has 0 aliphatic heterocycles. The average molecular weight is 1410 g/mol. The smallest absolute Gasteiger partial charge is 0.136 e. The molecule has 2 aliphatic rings. The Morgan fingerprint density at radius 2 is 0.436 bits per heavy atom. The molecule has 0 radical (unpaired) electrons. The minimum atomic E-state index is -0.116. The van der Waals surface area contributed by atoms with E-state index in [1.165, 1.54) is 154 Å². The largest absolute Gasteiger partial charge is 0.456 e. The van der Waals surface area contributed by atoms with Gasteiger partial charge in [0.25, 0.3) is 0 Å². The minimum Gasteiger partial charge on any atom is -0.456 e. The Bertz CT molecular complexity index is 7390. The Morgan fingerprint density at radius 3 is 0.864 bits per heavy atom. The van der Waals surface area contributed by atoms with Gasteiger partial charge in [-0.1, -0.05) is 295 Å². The third-order valence-electron chi connectivity index (χ3n) is 24.6. The fraction of sp³-hybridized carbons (Fsp3) is 0.0566. The number of benzene rings is 18. The summed E-state index contributed by atoms with van der Waals surface area (Å²) in [5, 5.41) is 18.9. The molecule has 0 spiro atoms. The first kappa shape index (κ1) is 62.4. The molecule has 24 rings (SSSR count). The van der Waals surface area contributed by atoms with Crippen LogP contribution in [0.25, 0.3) is 220 Å². The Balaban J connectivity index is 0.000000132. The van der Waals surface area contributed by atoms with E-state index in [-0.39, 0.29) is 10.8 Å². The lowest BCUT2D eigenvalue weighted by atomic mass is 9.80. The third kappa shape index (κ3) is 8.96. The topological polar surface area (TPSA) is 52.6 Å². The molecule has 0 fully saturated rings. The highest BCUT2D eigenvalue weighted by molar-refractivity contribution is 6.26. The van der Waals surface area contributed by atoms with Gasteiger partial charge in [-0.3, -0.25) is 0 Å². The lowest BCUT2D eigenvalue weighted by Gasteiger charge is -2.22. The van der Waals surface area contributed by atoms with Gasteiger partial charge in [-0.25, -0.2) is 0 Å². The van der Waals surface area contributed by atoms with Crippen molar-refractivity contribution >= 4 is 131 Å². The quantitative estimate of drug-likeness (QED) is 0.156. The molecule has 0 unspecified atom stereocenters. The fourth-order valence-electron chi connectivity index (χ4n) is 19.6. The van der Waals surface area contributed by atoms with Gasteiger partial charge in [-0.05, 0) is 227 Å². The van der Waals surface area contributed by atoms with Gasteiger partial charge in [0.15, 0.2) is 0 Å². The molecule has 0 N–H and O–H groups in total. The molecule has 4 heterocycles. The fourth-order valence-corrected chi connectivity index (χ4v) is 19.6. The van der Waals surface area contributed by atoms with Crippen molar-refractivity contribution in [3.05, 3.63) is 362 Å². The number of fused-ring (bicyclic) bond motifs is 22. The summed E-state index contributed by atoms with van der Waals surface area (Å²) in [6, 6.07) is 124. The van der Waals surface area contributed by atoms with Crippen LogP contribution in [0.15, 0.2) is 357 Å². The van der Waals surface area contributed by atoms with Crippen LogP contribution < -0.4 is 0 Å². The van der Waals surface area contributed by atoms with E-state index in [0.717, 1.165) is 87.8 Å². The maximum absolute atomic E-state index is 6.43. The van der Waals surface area contributed by atoms with Crippen LogP contribution in [0.2, 0.25) is 0 Å². The van der Waals surface area contributed by atoms with Gasteiger partial charge in [0.2, 0.25) is 0 Å². The van der Waals surface area contributed by atoms with Crippen LogP contribution >= 0.6 is 0 Å². The van der Waals surface area contributed by atoms with E-state index in [9.17, 15) is 0 Å². The van der Waals surface area contributed by atoms with Crippen molar-refractivity contribution in [2.45, 2.75) is 38.5 Å². The molecular weight excluding hydrogens is 1340 g/mol. The van der Waals surface area contributed by atoms with Crippen molar-refractivity contribution in [3.8, 4) is 89.0 Å². The van der Waals surface area contributed by atoms with E-state index in [0.29, 0.717) is 0 Å². The first-order valence-electron chi connectivity index (χ1n) is 38.2. The van der Waals surface area contributed by atoms with Crippen molar-refractivity contribution in [2.24, 2.45) is 0 Å². The summed E-state index contributed by atoms with van der Waals surface area (Å²) in [4.78, 5) is 0. The zero-order valence-corrected chi connectivity index (χ0v) is 61.0. The van der Waals surface area contributed by atoms with Crippen LogP contribution in [-0.4, -0.2) is 0 Å². The highest BCUT2D eigenvalue weighted by Crippen LogP contribution is 2.58. The van der Waals surface area contributed by atoms with E-state index < -0.39 is 0 Å². The predicted molar refractivity (Wildman–Crippen MR) is 460 cm³/mol. The Hall–Kier alpha value is -13.8. The summed E-state index contributed by atoms with van der Waals surface area (Å²) < 4.78 is 25.4. The first-order chi connectivity index (χ1) is 54.1. The van der Waals surface area contributed by atoms with Gasteiger partial charge in [-0.15, -0.1) is 0 Å². The maximum atomic E-state index is 6.43.